The van der Waals surface area contributed by atoms with E-state index in [-0.39, 0.29) is 5.56 Å². The molecule has 0 aliphatic carbocycles. The Bertz CT molecular complexity index is 956. The quantitative estimate of drug-likeness (QED) is 0.634. The fourth-order valence-electron chi connectivity index (χ4n) is 2.77. The summed E-state index contributed by atoms with van der Waals surface area (Å²) in [7, 11) is 0. The molecule has 0 saturated heterocycles. The van der Waals surface area contributed by atoms with Crippen LogP contribution in [0.15, 0.2) is 54.9 Å². The fraction of sp³-hybridized carbons (Fsp3) is 0.250. The van der Waals surface area contributed by atoms with Crippen molar-refractivity contribution in [3.8, 4) is 5.69 Å². The van der Waals surface area contributed by atoms with Gasteiger partial charge in [0.05, 0.1) is 11.3 Å². The number of aromatic nitrogens is 4. The third-order valence-electron chi connectivity index (χ3n) is 4.43. The molecule has 1 N–H and O–H groups in total. The van der Waals surface area contributed by atoms with Crippen molar-refractivity contribution in [2.45, 2.75) is 26.2 Å². The van der Waals surface area contributed by atoms with Crippen molar-refractivity contribution in [1.29, 1.82) is 0 Å². The van der Waals surface area contributed by atoms with Crippen LogP contribution in [0.2, 0.25) is 0 Å². The van der Waals surface area contributed by atoms with Crippen LogP contribution in [0, 0.1) is 0 Å². The molecule has 0 spiro atoms. The number of esters is 1. The third kappa shape index (κ3) is 4.40. The molecule has 0 aliphatic rings. The number of carbonyl (C=O) groups is 2. The minimum Gasteiger partial charge on any atom is -0.452 e. The molecule has 28 heavy (non-hydrogen) atoms. The van der Waals surface area contributed by atoms with Gasteiger partial charge >= 0.3 is 5.97 Å². The first-order valence-electron chi connectivity index (χ1n) is 8.98. The second kappa shape index (κ2) is 8.90. The molecule has 1 amide bonds. The van der Waals surface area contributed by atoms with Crippen molar-refractivity contribution in [3.63, 3.8) is 0 Å². The largest absolute Gasteiger partial charge is 0.452 e. The van der Waals surface area contributed by atoms with Gasteiger partial charge in [-0.3, -0.25) is 4.79 Å². The third-order valence-corrected chi connectivity index (χ3v) is 4.43. The lowest BCUT2D eigenvalue weighted by Crippen LogP contribution is -2.22. The van der Waals surface area contributed by atoms with Gasteiger partial charge in [-0.15, -0.1) is 5.10 Å². The van der Waals surface area contributed by atoms with Gasteiger partial charge < -0.3 is 10.1 Å². The summed E-state index contributed by atoms with van der Waals surface area (Å²) in [5, 5.41) is 13.7. The van der Waals surface area contributed by atoms with Crippen LogP contribution in [0.5, 0.6) is 0 Å². The highest BCUT2D eigenvalue weighted by Gasteiger charge is 2.17. The Balaban J connectivity index is 1.66. The molecular formula is C20H21N5O3. The van der Waals surface area contributed by atoms with Crippen molar-refractivity contribution in [2.75, 3.05) is 11.9 Å². The Kier molecular flexibility index (Phi) is 6.11. The van der Waals surface area contributed by atoms with Crippen molar-refractivity contribution in [2.24, 2.45) is 0 Å². The van der Waals surface area contributed by atoms with E-state index < -0.39 is 18.5 Å². The molecule has 0 radical (unpaired) electrons. The van der Waals surface area contributed by atoms with Gasteiger partial charge in [0.2, 0.25) is 0 Å². The molecule has 0 saturated carbocycles. The molecule has 1 atom stereocenters. The normalized spacial score (nSPS) is 11.6. The van der Waals surface area contributed by atoms with Gasteiger partial charge in [-0.05, 0) is 46.5 Å². The molecule has 0 aliphatic heterocycles. The molecule has 1 aromatic heterocycles. The Hall–Kier alpha value is -3.55. The molecule has 8 nitrogen and oxygen atoms in total. The van der Waals surface area contributed by atoms with Crippen LogP contribution in [0.3, 0.4) is 0 Å². The zero-order valence-electron chi connectivity index (χ0n) is 15.7. The van der Waals surface area contributed by atoms with E-state index in [2.05, 4.69) is 34.7 Å². The average molecular weight is 379 g/mol. The monoisotopic (exact) mass is 379 g/mol. The van der Waals surface area contributed by atoms with Gasteiger partial charge in [0.25, 0.3) is 5.91 Å². The zero-order chi connectivity index (χ0) is 19.9. The molecule has 3 aromatic rings. The highest BCUT2D eigenvalue weighted by molar-refractivity contribution is 5.97. The van der Waals surface area contributed by atoms with E-state index in [0.29, 0.717) is 11.6 Å². The van der Waals surface area contributed by atoms with Crippen LogP contribution in [0.4, 0.5) is 5.69 Å². The number of amides is 1. The second-order valence-corrected chi connectivity index (χ2v) is 6.29. The lowest BCUT2D eigenvalue weighted by atomic mass is 9.97. The minimum atomic E-state index is -0.628. The number of nitrogens with one attached hydrogen (secondary N) is 1. The smallest absolute Gasteiger partial charge is 0.340 e. The van der Waals surface area contributed by atoms with E-state index in [4.69, 9.17) is 4.74 Å². The maximum atomic E-state index is 12.5. The molecule has 1 unspecified atom stereocenters. The number of benzene rings is 2. The summed E-state index contributed by atoms with van der Waals surface area (Å²) in [6.45, 7) is 3.80. The van der Waals surface area contributed by atoms with E-state index in [9.17, 15) is 9.59 Å². The number of rotatable bonds is 7. The number of tetrazole rings is 1. The van der Waals surface area contributed by atoms with E-state index >= 15 is 0 Å². The van der Waals surface area contributed by atoms with Gasteiger partial charge in [0.15, 0.2) is 6.61 Å². The van der Waals surface area contributed by atoms with Gasteiger partial charge in [-0.1, -0.05) is 44.2 Å². The van der Waals surface area contributed by atoms with Crippen molar-refractivity contribution in [1.82, 2.24) is 20.2 Å². The second-order valence-electron chi connectivity index (χ2n) is 6.29. The first kappa shape index (κ1) is 19.2. The standard InChI is InChI=1S/C20H21N5O3/c1-3-14(2)15-8-4-6-10-17(15)22-19(26)12-28-20(27)16-9-5-7-11-18(16)25-13-21-23-24-25/h4-11,13-14H,3,12H2,1-2H3,(H,22,26). The Morgan fingerprint density at radius 1 is 1.14 bits per heavy atom. The SMILES string of the molecule is CCC(C)c1ccccc1NC(=O)COC(=O)c1ccccc1-n1cnnn1. The van der Waals surface area contributed by atoms with Crippen LogP contribution in [-0.4, -0.2) is 38.7 Å². The predicted octanol–water partition coefficient (Wildman–Crippen LogP) is 2.97. The topological polar surface area (TPSA) is 99.0 Å². The number of anilines is 1. The molecular weight excluding hydrogens is 358 g/mol. The van der Waals surface area contributed by atoms with Gasteiger partial charge in [-0.25, -0.2) is 4.79 Å². The Morgan fingerprint density at radius 3 is 2.64 bits per heavy atom. The maximum Gasteiger partial charge on any atom is 0.340 e. The molecule has 0 fully saturated rings. The summed E-state index contributed by atoms with van der Waals surface area (Å²) in [5.74, 6) is -0.720. The van der Waals surface area contributed by atoms with E-state index in [1.54, 1.807) is 24.3 Å². The predicted molar refractivity (Wildman–Crippen MR) is 103 cm³/mol. The molecule has 2 aromatic carbocycles. The highest BCUT2D eigenvalue weighted by atomic mass is 16.5. The minimum absolute atomic E-state index is 0.266. The zero-order valence-corrected chi connectivity index (χ0v) is 15.7. The summed E-state index contributed by atoms with van der Waals surface area (Å²) in [5.41, 5.74) is 2.52. The maximum absolute atomic E-state index is 12.5. The molecule has 0 bridgehead atoms. The van der Waals surface area contributed by atoms with Gasteiger partial charge in [-0.2, -0.15) is 4.68 Å². The number of carbonyl (C=O) groups excluding carboxylic acids is 2. The highest BCUT2D eigenvalue weighted by Crippen LogP contribution is 2.26. The van der Waals surface area contributed by atoms with Crippen LogP contribution in [0.1, 0.15) is 42.1 Å². The Morgan fingerprint density at radius 2 is 1.89 bits per heavy atom. The summed E-state index contributed by atoms with van der Waals surface area (Å²) in [6, 6.07) is 14.4. The van der Waals surface area contributed by atoms with Gasteiger partial charge in [0, 0.05) is 5.69 Å². The van der Waals surface area contributed by atoms with Crippen LogP contribution in [-0.2, 0) is 9.53 Å². The van der Waals surface area contributed by atoms with Crippen molar-refractivity contribution < 1.29 is 14.3 Å². The number of nitrogens with zero attached hydrogens (tertiary/aromatic N) is 4. The Labute approximate surface area is 162 Å². The van der Waals surface area contributed by atoms with Crippen LogP contribution >= 0.6 is 0 Å². The van der Waals surface area contributed by atoms with Crippen molar-refractivity contribution in [3.05, 3.63) is 66.0 Å². The lowest BCUT2D eigenvalue weighted by molar-refractivity contribution is -0.119. The first-order chi connectivity index (χ1) is 13.6. The lowest BCUT2D eigenvalue weighted by Gasteiger charge is -2.15. The van der Waals surface area contributed by atoms with E-state index in [1.807, 2.05) is 24.3 Å². The molecule has 144 valence electrons. The summed E-state index contributed by atoms with van der Waals surface area (Å²) >= 11 is 0. The van der Waals surface area contributed by atoms with Gasteiger partial charge in [0.1, 0.15) is 6.33 Å². The number of para-hydroxylation sites is 2. The average Bonchev–Trinajstić information content (AvgIpc) is 3.26. The molecule has 3 rings (SSSR count). The summed E-state index contributed by atoms with van der Waals surface area (Å²) in [6.07, 6.45) is 2.33. The van der Waals surface area contributed by atoms with Crippen LogP contribution < -0.4 is 5.32 Å². The first-order valence-corrected chi connectivity index (χ1v) is 8.98. The molecule has 1 heterocycles. The number of hydrogen-bond donors (Lipinski definition) is 1. The number of ether oxygens (including phenoxy) is 1. The van der Waals surface area contributed by atoms with E-state index in [1.165, 1.54) is 11.0 Å². The fourth-order valence-corrected chi connectivity index (χ4v) is 2.77. The molecule has 8 heteroatoms. The summed E-state index contributed by atoms with van der Waals surface area (Å²) < 4.78 is 6.55. The number of hydrogen-bond acceptors (Lipinski definition) is 6. The van der Waals surface area contributed by atoms with E-state index in [0.717, 1.165) is 17.7 Å². The van der Waals surface area contributed by atoms with Crippen LogP contribution in [0.25, 0.3) is 5.69 Å². The van der Waals surface area contributed by atoms with Crippen molar-refractivity contribution >= 4 is 17.6 Å². The summed E-state index contributed by atoms with van der Waals surface area (Å²) in [4.78, 5) is 24.8.